The van der Waals surface area contributed by atoms with Crippen LogP contribution in [0.3, 0.4) is 0 Å². The summed E-state index contributed by atoms with van der Waals surface area (Å²) in [6.45, 7) is 8.13. The molecule has 1 aliphatic rings. The summed E-state index contributed by atoms with van der Waals surface area (Å²) in [7, 11) is 0. The molecule has 1 saturated heterocycles. The molecule has 0 spiro atoms. The molecular formula is C18H20N2O3. The first kappa shape index (κ1) is 15.5. The smallest absolute Gasteiger partial charge is 0.270 e. The Morgan fingerprint density at radius 3 is 2.74 bits per heavy atom. The van der Waals surface area contributed by atoms with Crippen molar-refractivity contribution >= 4 is 16.7 Å². The molecule has 0 atom stereocenters. The minimum absolute atomic E-state index is 0.130. The number of carbonyl (C=O) groups excluding carboxylic acids is 1. The van der Waals surface area contributed by atoms with E-state index in [-0.39, 0.29) is 11.5 Å². The van der Waals surface area contributed by atoms with E-state index in [4.69, 9.17) is 4.74 Å². The summed E-state index contributed by atoms with van der Waals surface area (Å²) in [5.74, 6) is -0.130. The second-order valence-corrected chi connectivity index (χ2v) is 5.73. The third-order valence-electron chi connectivity index (χ3n) is 4.10. The molecule has 0 aliphatic carbocycles. The summed E-state index contributed by atoms with van der Waals surface area (Å²) in [6, 6.07) is 7.50. The number of fused-ring (bicyclic) bond motifs is 1. The van der Waals surface area contributed by atoms with Gasteiger partial charge in [0.1, 0.15) is 5.69 Å². The average molecular weight is 312 g/mol. The van der Waals surface area contributed by atoms with Crippen LogP contribution in [-0.2, 0) is 11.3 Å². The van der Waals surface area contributed by atoms with Gasteiger partial charge in [0.25, 0.3) is 11.5 Å². The number of benzene rings is 1. The maximum Gasteiger partial charge on any atom is 0.270 e. The Hall–Kier alpha value is -2.40. The molecule has 2 heterocycles. The van der Waals surface area contributed by atoms with Crippen LogP contribution in [0.5, 0.6) is 0 Å². The molecule has 0 N–H and O–H groups in total. The molecule has 1 fully saturated rings. The fraction of sp³-hybridized carbons (Fsp3) is 0.333. The molecular weight excluding hydrogens is 292 g/mol. The van der Waals surface area contributed by atoms with Gasteiger partial charge in [0.2, 0.25) is 0 Å². The Morgan fingerprint density at radius 1 is 1.30 bits per heavy atom. The van der Waals surface area contributed by atoms with Gasteiger partial charge in [-0.3, -0.25) is 14.2 Å². The zero-order chi connectivity index (χ0) is 16.4. The molecule has 23 heavy (non-hydrogen) atoms. The van der Waals surface area contributed by atoms with Gasteiger partial charge in [-0.15, -0.1) is 6.58 Å². The minimum Gasteiger partial charge on any atom is -0.378 e. The lowest BCUT2D eigenvalue weighted by molar-refractivity contribution is 0.0295. The van der Waals surface area contributed by atoms with Gasteiger partial charge in [-0.25, -0.2) is 0 Å². The number of nitrogens with zero attached hydrogens (tertiary/aromatic N) is 2. The summed E-state index contributed by atoms with van der Waals surface area (Å²) in [5.41, 5.74) is 1.28. The monoisotopic (exact) mass is 312 g/mol. The molecule has 0 unspecified atom stereocenters. The van der Waals surface area contributed by atoms with Crippen LogP contribution in [0.25, 0.3) is 10.8 Å². The molecule has 5 nitrogen and oxygen atoms in total. The number of pyridine rings is 1. The first-order chi connectivity index (χ1) is 11.1. The van der Waals surface area contributed by atoms with Gasteiger partial charge in [0, 0.05) is 25.0 Å². The molecule has 1 aliphatic heterocycles. The van der Waals surface area contributed by atoms with Gasteiger partial charge in [0.05, 0.1) is 13.2 Å². The molecule has 3 rings (SSSR count). The van der Waals surface area contributed by atoms with E-state index in [1.54, 1.807) is 17.0 Å². The molecule has 120 valence electrons. The molecule has 0 radical (unpaired) electrons. The van der Waals surface area contributed by atoms with Crippen molar-refractivity contribution in [3.8, 4) is 0 Å². The Balaban J connectivity index is 2.16. The van der Waals surface area contributed by atoms with Crippen LogP contribution < -0.4 is 5.56 Å². The summed E-state index contributed by atoms with van der Waals surface area (Å²) < 4.78 is 6.80. The van der Waals surface area contributed by atoms with E-state index in [1.165, 1.54) is 4.57 Å². The van der Waals surface area contributed by atoms with E-state index < -0.39 is 0 Å². The van der Waals surface area contributed by atoms with Gasteiger partial charge >= 0.3 is 0 Å². The predicted octanol–water partition coefficient (Wildman–Crippen LogP) is 1.97. The van der Waals surface area contributed by atoms with Crippen LogP contribution in [0.15, 0.2) is 41.7 Å². The lowest BCUT2D eigenvalue weighted by Gasteiger charge is -2.27. The third-order valence-corrected chi connectivity index (χ3v) is 4.10. The van der Waals surface area contributed by atoms with Crippen molar-refractivity contribution in [2.75, 3.05) is 26.3 Å². The Morgan fingerprint density at radius 2 is 2.04 bits per heavy atom. The number of ether oxygens (including phenoxy) is 1. The van der Waals surface area contributed by atoms with Crippen molar-refractivity contribution in [2.45, 2.75) is 13.5 Å². The Bertz CT molecular complexity index is 817. The summed E-state index contributed by atoms with van der Waals surface area (Å²) in [6.07, 6.45) is 1.64. The minimum atomic E-state index is -0.150. The van der Waals surface area contributed by atoms with Crippen molar-refractivity contribution in [1.29, 1.82) is 0 Å². The number of amides is 1. The van der Waals surface area contributed by atoms with Crippen LogP contribution in [0.2, 0.25) is 0 Å². The Labute approximate surface area is 134 Å². The largest absolute Gasteiger partial charge is 0.378 e. The zero-order valence-corrected chi connectivity index (χ0v) is 13.2. The number of carbonyl (C=O) groups is 1. The number of rotatable bonds is 3. The van der Waals surface area contributed by atoms with E-state index in [0.29, 0.717) is 43.9 Å². The van der Waals surface area contributed by atoms with Gasteiger partial charge in [-0.05, 0) is 24.4 Å². The summed E-state index contributed by atoms with van der Waals surface area (Å²) in [5, 5.41) is 1.42. The number of aryl methyl sites for hydroxylation is 1. The van der Waals surface area contributed by atoms with Gasteiger partial charge < -0.3 is 9.64 Å². The second kappa shape index (κ2) is 6.38. The van der Waals surface area contributed by atoms with Crippen molar-refractivity contribution in [3.05, 3.63) is 58.5 Å². The molecule has 1 amide bonds. The maximum atomic E-state index is 12.8. The molecule has 5 heteroatoms. The van der Waals surface area contributed by atoms with Crippen LogP contribution in [0, 0.1) is 6.92 Å². The number of allylic oxidation sites excluding steroid dienone is 1. The van der Waals surface area contributed by atoms with Crippen LogP contribution in [0.4, 0.5) is 0 Å². The fourth-order valence-electron chi connectivity index (χ4n) is 2.88. The highest BCUT2D eigenvalue weighted by atomic mass is 16.5. The van der Waals surface area contributed by atoms with Crippen LogP contribution in [-0.4, -0.2) is 41.7 Å². The van der Waals surface area contributed by atoms with Gasteiger partial charge in [-0.2, -0.15) is 0 Å². The number of morpholine rings is 1. The topological polar surface area (TPSA) is 51.5 Å². The van der Waals surface area contributed by atoms with Crippen molar-refractivity contribution in [3.63, 3.8) is 0 Å². The molecule has 0 bridgehead atoms. The van der Waals surface area contributed by atoms with Crippen molar-refractivity contribution < 1.29 is 9.53 Å². The first-order valence-electron chi connectivity index (χ1n) is 7.74. The van der Waals surface area contributed by atoms with E-state index in [0.717, 1.165) is 10.9 Å². The SMILES string of the molecule is C=CCn1c(C(=O)N2CCOCC2)cc2ccc(C)cc2c1=O. The fourth-order valence-corrected chi connectivity index (χ4v) is 2.88. The van der Waals surface area contributed by atoms with Crippen molar-refractivity contribution in [2.24, 2.45) is 0 Å². The zero-order valence-electron chi connectivity index (χ0n) is 13.2. The summed E-state index contributed by atoms with van der Waals surface area (Å²) in [4.78, 5) is 27.4. The second-order valence-electron chi connectivity index (χ2n) is 5.73. The highest BCUT2D eigenvalue weighted by molar-refractivity contribution is 5.97. The lowest BCUT2D eigenvalue weighted by Crippen LogP contribution is -2.42. The molecule has 1 aromatic carbocycles. The first-order valence-corrected chi connectivity index (χ1v) is 7.74. The lowest BCUT2D eigenvalue weighted by atomic mass is 10.1. The van der Waals surface area contributed by atoms with E-state index in [2.05, 4.69) is 6.58 Å². The van der Waals surface area contributed by atoms with Crippen LogP contribution >= 0.6 is 0 Å². The molecule has 1 aromatic heterocycles. The number of hydrogen-bond acceptors (Lipinski definition) is 3. The third kappa shape index (κ3) is 2.92. The summed E-state index contributed by atoms with van der Waals surface area (Å²) >= 11 is 0. The Kier molecular flexibility index (Phi) is 4.30. The molecule has 2 aromatic rings. The van der Waals surface area contributed by atoms with Crippen LogP contribution in [0.1, 0.15) is 16.1 Å². The van der Waals surface area contributed by atoms with Gasteiger partial charge in [0.15, 0.2) is 0 Å². The van der Waals surface area contributed by atoms with E-state index in [9.17, 15) is 9.59 Å². The van der Waals surface area contributed by atoms with E-state index in [1.807, 2.05) is 25.1 Å². The molecule has 0 saturated carbocycles. The standard InChI is InChI=1S/C18H20N2O3/c1-3-6-20-16(18(22)19-7-9-23-10-8-19)12-14-5-4-13(2)11-15(14)17(20)21/h3-5,11-12H,1,6-10H2,2H3. The van der Waals surface area contributed by atoms with Gasteiger partial charge in [-0.1, -0.05) is 23.8 Å². The van der Waals surface area contributed by atoms with E-state index >= 15 is 0 Å². The average Bonchev–Trinajstić information content (AvgIpc) is 2.58. The number of hydrogen-bond donors (Lipinski definition) is 0. The maximum absolute atomic E-state index is 12.8. The predicted molar refractivity (Wildman–Crippen MR) is 89.9 cm³/mol. The number of aromatic nitrogens is 1. The highest BCUT2D eigenvalue weighted by Crippen LogP contribution is 2.16. The normalized spacial score (nSPS) is 14.9. The quantitative estimate of drug-likeness (QED) is 0.814. The van der Waals surface area contributed by atoms with Crippen molar-refractivity contribution in [1.82, 2.24) is 9.47 Å². The highest BCUT2D eigenvalue weighted by Gasteiger charge is 2.22.